The van der Waals surface area contributed by atoms with E-state index in [9.17, 15) is 9.59 Å². The van der Waals surface area contributed by atoms with Crippen LogP contribution in [0, 0.1) is 6.92 Å². The number of hydrogen-bond acceptors (Lipinski definition) is 3. The van der Waals surface area contributed by atoms with Gasteiger partial charge in [-0.1, -0.05) is 24.3 Å². The Labute approximate surface area is 154 Å². The molecule has 1 saturated heterocycles. The highest BCUT2D eigenvalue weighted by atomic mass is 16.5. The first-order valence-corrected chi connectivity index (χ1v) is 9.30. The van der Waals surface area contributed by atoms with E-state index >= 15 is 0 Å². The van der Waals surface area contributed by atoms with Crippen LogP contribution < -0.4 is 15.5 Å². The lowest BCUT2D eigenvalue weighted by Crippen LogP contribution is -3.16. The second kappa shape index (κ2) is 7.91. The molecule has 1 aromatic rings. The number of nitrogens with one attached hydrogen (secondary N) is 3. The lowest BCUT2D eigenvalue weighted by Gasteiger charge is -2.34. The Bertz CT molecular complexity index is 729. The number of methoxy groups -OCH3 is 1. The summed E-state index contributed by atoms with van der Waals surface area (Å²) >= 11 is 0. The fraction of sp³-hybridized carbons (Fsp3) is 0.500. The van der Waals surface area contributed by atoms with Crippen LogP contribution in [-0.2, 0) is 9.53 Å². The van der Waals surface area contributed by atoms with Gasteiger partial charge in [0.25, 0.3) is 0 Å². The average Bonchev–Trinajstić information content (AvgIpc) is 2.63. The molecule has 1 aromatic carbocycles. The molecule has 26 heavy (non-hydrogen) atoms. The number of amides is 2. The van der Waals surface area contributed by atoms with Crippen LogP contribution >= 0.6 is 0 Å². The van der Waals surface area contributed by atoms with Crippen LogP contribution in [0.5, 0.6) is 0 Å². The number of benzene rings is 1. The highest BCUT2D eigenvalue weighted by Crippen LogP contribution is 2.29. The highest BCUT2D eigenvalue weighted by Gasteiger charge is 2.36. The first kappa shape index (κ1) is 18.5. The van der Waals surface area contributed by atoms with Crippen LogP contribution in [0.1, 0.15) is 43.4 Å². The van der Waals surface area contributed by atoms with Gasteiger partial charge in [-0.25, -0.2) is 9.59 Å². The summed E-state index contributed by atoms with van der Waals surface area (Å²) in [6.07, 6.45) is 3.59. The third kappa shape index (κ3) is 3.75. The molecule has 0 saturated carbocycles. The van der Waals surface area contributed by atoms with Crippen molar-refractivity contribution in [2.24, 2.45) is 0 Å². The molecule has 2 amide bonds. The molecule has 1 fully saturated rings. The largest absolute Gasteiger partial charge is 0.466 e. The number of ether oxygens (including phenoxy) is 1. The summed E-state index contributed by atoms with van der Waals surface area (Å²) < 4.78 is 5.07. The number of carbonyl (C=O) groups excluding carboxylic acids is 2. The van der Waals surface area contributed by atoms with Crippen LogP contribution in [0.2, 0.25) is 0 Å². The van der Waals surface area contributed by atoms with Gasteiger partial charge < -0.3 is 20.3 Å². The van der Waals surface area contributed by atoms with Gasteiger partial charge in [-0.15, -0.1) is 0 Å². The molecule has 2 heterocycles. The van der Waals surface area contributed by atoms with E-state index in [0.29, 0.717) is 23.9 Å². The van der Waals surface area contributed by atoms with Crippen LogP contribution in [0.4, 0.5) is 4.79 Å². The van der Waals surface area contributed by atoms with Crippen molar-refractivity contribution in [3.05, 3.63) is 46.7 Å². The summed E-state index contributed by atoms with van der Waals surface area (Å²) in [5.74, 6) is -0.398. The molecule has 3 atom stereocenters. The van der Waals surface area contributed by atoms with Gasteiger partial charge in [-0.2, -0.15) is 0 Å². The Morgan fingerprint density at radius 2 is 2.08 bits per heavy atom. The van der Waals surface area contributed by atoms with E-state index in [0.717, 1.165) is 17.7 Å². The first-order valence-electron chi connectivity index (χ1n) is 9.30. The smallest absolute Gasteiger partial charge is 0.338 e. The van der Waals surface area contributed by atoms with Crippen LogP contribution in [-0.4, -0.2) is 38.2 Å². The summed E-state index contributed by atoms with van der Waals surface area (Å²) in [6, 6.07) is 7.54. The first-order chi connectivity index (χ1) is 12.5. The fourth-order valence-electron chi connectivity index (χ4n) is 4.00. The van der Waals surface area contributed by atoms with Gasteiger partial charge in [0.2, 0.25) is 0 Å². The molecule has 2 aliphatic heterocycles. The van der Waals surface area contributed by atoms with Gasteiger partial charge in [0, 0.05) is 0 Å². The number of esters is 1. The van der Waals surface area contributed by atoms with Crippen molar-refractivity contribution in [1.29, 1.82) is 0 Å². The van der Waals surface area contributed by atoms with Crippen LogP contribution in [0.25, 0.3) is 0 Å². The van der Waals surface area contributed by atoms with Crippen LogP contribution in [0.15, 0.2) is 35.5 Å². The summed E-state index contributed by atoms with van der Waals surface area (Å²) in [5, 5.41) is 5.78. The van der Waals surface area contributed by atoms with Crippen molar-refractivity contribution in [2.75, 3.05) is 20.2 Å². The minimum Gasteiger partial charge on any atom is -0.466 e. The highest BCUT2D eigenvalue weighted by molar-refractivity contribution is 5.95. The maximum Gasteiger partial charge on any atom is 0.338 e. The zero-order chi connectivity index (χ0) is 18.7. The van der Waals surface area contributed by atoms with Crippen LogP contribution in [0.3, 0.4) is 0 Å². The molecule has 0 radical (unpaired) electrons. The predicted octanol–water partition coefficient (Wildman–Crippen LogP) is 1.23. The number of quaternary nitrogens is 1. The van der Waals surface area contributed by atoms with Gasteiger partial charge in [0.15, 0.2) is 0 Å². The van der Waals surface area contributed by atoms with Crippen molar-refractivity contribution in [2.45, 2.75) is 45.2 Å². The third-order valence-electron chi connectivity index (χ3n) is 5.54. The maximum absolute atomic E-state index is 12.6. The van der Waals surface area contributed by atoms with Gasteiger partial charge in [0.05, 0.1) is 37.0 Å². The summed E-state index contributed by atoms with van der Waals surface area (Å²) in [4.78, 5) is 26.4. The molecule has 3 rings (SSSR count). The van der Waals surface area contributed by atoms with Crippen molar-refractivity contribution < 1.29 is 19.2 Å². The third-order valence-corrected chi connectivity index (χ3v) is 5.54. The Hall–Kier alpha value is -2.34. The van der Waals surface area contributed by atoms with E-state index in [1.54, 1.807) is 0 Å². The molecule has 6 nitrogen and oxygen atoms in total. The Morgan fingerprint density at radius 1 is 1.31 bits per heavy atom. The lowest BCUT2D eigenvalue weighted by atomic mass is 9.91. The van der Waals surface area contributed by atoms with Crippen molar-refractivity contribution in [3.63, 3.8) is 0 Å². The molecule has 0 bridgehead atoms. The SMILES string of the molecule is COC(=O)C1=C(C[NH+]2CCCC[C@@H]2C)NC(=O)N[C@@H]1c1ccccc1C. The minimum absolute atomic E-state index is 0.273. The molecule has 2 aliphatic rings. The summed E-state index contributed by atoms with van der Waals surface area (Å²) in [6.45, 7) is 5.89. The van der Waals surface area contributed by atoms with Gasteiger partial charge in [0.1, 0.15) is 6.54 Å². The Balaban J connectivity index is 2.01. The number of urea groups is 1. The van der Waals surface area contributed by atoms with Crippen molar-refractivity contribution in [1.82, 2.24) is 10.6 Å². The van der Waals surface area contributed by atoms with E-state index in [1.807, 2.05) is 31.2 Å². The van der Waals surface area contributed by atoms with E-state index in [2.05, 4.69) is 17.6 Å². The normalized spacial score (nSPS) is 26.1. The molecule has 140 valence electrons. The van der Waals surface area contributed by atoms with E-state index in [1.165, 1.54) is 31.3 Å². The molecular weight excluding hydrogens is 330 g/mol. The molecule has 3 N–H and O–H groups in total. The monoisotopic (exact) mass is 358 g/mol. The topological polar surface area (TPSA) is 71.9 Å². The zero-order valence-electron chi connectivity index (χ0n) is 15.7. The quantitative estimate of drug-likeness (QED) is 0.709. The number of likely N-dealkylation sites (tertiary alicyclic amines) is 1. The minimum atomic E-state index is -0.494. The van der Waals surface area contributed by atoms with Gasteiger partial charge >= 0.3 is 12.0 Å². The fourth-order valence-corrected chi connectivity index (χ4v) is 4.00. The predicted molar refractivity (Wildman–Crippen MR) is 98.6 cm³/mol. The molecule has 6 heteroatoms. The van der Waals surface area contributed by atoms with Gasteiger partial charge in [-0.3, -0.25) is 0 Å². The molecule has 0 aromatic heterocycles. The lowest BCUT2D eigenvalue weighted by molar-refractivity contribution is -0.924. The molecule has 0 spiro atoms. The number of piperidine rings is 1. The molecule has 1 unspecified atom stereocenters. The second-order valence-corrected chi connectivity index (χ2v) is 7.25. The van der Waals surface area contributed by atoms with Gasteiger partial charge in [-0.05, 0) is 44.2 Å². The number of rotatable bonds is 4. The average molecular weight is 358 g/mol. The Morgan fingerprint density at radius 3 is 2.77 bits per heavy atom. The second-order valence-electron chi connectivity index (χ2n) is 7.25. The summed E-state index contributed by atoms with van der Waals surface area (Å²) in [5.41, 5.74) is 3.13. The Kier molecular flexibility index (Phi) is 5.61. The standard InChI is InChI=1S/C20H27N3O3/c1-13-8-4-5-10-15(13)18-17(19(24)26-3)16(21-20(25)22-18)12-23-11-7-6-9-14(23)2/h4-5,8,10,14,18H,6-7,9,11-12H2,1-3H3,(H2,21,22,25)/p+1/t14-,18+/m0/s1. The van der Waals surface area contributed by atoms with E-state index in [-0.39, 0.29) is 6.03 Å². The zero-order valence-corrected chi connectivity index (χ0v) is 15.7. The van der Waals surface area contributed by atoms with E-state index < -0.39 is 12.0 Å². The van der Waals surface area contributed by atoms with Crippen molar-refractivity contribution in [3.8, 4) is 0 Å². The molecule has 0 aliphatic carbocycles. The molecular formula is C20H28N3O3+. The number of aryl methyl sites for hydroxylation is 1. The van der Waals surface area contributed by atoms with E-state index in [4.69, 9.17) is 4.74 Å². The number of hydrogen-bond donors (Lipinski definition) is 3. The van der Waals surface area contributed by atoms with Crippen molar-refractivity contribution >= 4 is 12.0 Å². The maximum atomic E-state index is 12.6. The number of carbonyl (C=O) groups is 2. The summed E-state index contributed by atoms with van der Waals surface area (Å²) in [7, 11) is 1.38.